The number of carbonyl (C=O) groups excluding carboxylic acids is 1. The third kappa shape index (κ3) is 4.76. The van der Waals surface area contributed by atoms with E-state index >= 15 is 0 Å². The normalized spacial score (nSPS) is 11.3. The van der Waals surface area contributed by atoms with Crippen LogP contribution in [-0.4, -0.2) is 15.9 Å². The molecule has 3 rings (SSSR count). The molecule has 0 atom stereocenters. The number of aromatic nitrogens is 2. The summed E-state index contributed by atoms with van der Waals surface area (Å²) >= 11 is 5.64. The molecule has 0 saturated heterocycles. The Morgan fingerprint density at radius 1 is 1.19 bits per heavy atom. The molecule has 0 fully saturated rings. The number of halogens is 4. The molecule has 0 unspecified atom stereocenters. The summed E-state index contributed by atoms with van der Waals surface area (Å²) in [6, 6.07) is 6.69. The second-order valence-electron chi connectivity index (χ2n) is 5.37. The van der Waals surface area contributed by atoms with E-state index in [1.54, 1.807) is 12.1 Å². The molecular weight excluding hydrogens is 385 g/mol. The summed E-state index contributed by atoms with van der Waals surface area (Å²) in [5.74, 6) is 0.0378. The highest BCUT2D eigenvalue weighted by Crippen LogP contribution is 2.37. The molecule has 0 aliphatic heterocycles. The number of alkyl halides is 3. The molecule has 0 saturated carbocycles. The van der Waals surface area contributed by atoms with Crippen molar-refractivity contribution in [2.24, 2.45) is 0 Å². The molecule has 1 amide bonds. The summed E-state index contributed by atoms with van der Waals surface area (Å²) in [4.78, 5) is 19.8. The van der Waals surface area contributed by atoms with E-state index in [0.29, 0.717) is 5.76 Å². The van der Waals surface area contributed by atoms with Crippen LogP contribution in [0.4, 0.5) is 24.8 Å². The van der Waals surface area contributed by atoms with Gasteiger partial charge in [0.05, 0.1) is 29.6 Å². The van der Waals surface area contributed by atoms with Gasteiger partial charge in [-0.1, -0.05) is 11.6 Å². The van der Waals surface area contributed by atoms with Crippen LogP contribution in [0.1, 0.15) is 21.7 Å². The zero-order chi connectivity index (χ0) is 19.4. The van der Waals surface area contributed by atoms with Crippen molar-refractivity contribution in [1.82, 2.24) is 15.3 Å². The van der Waals surface area contributed by atoms with Crippen LogP contribution in [0, 0.1) is 0 Å². The number of rotatable bonds is 5. The van der Waals surface area contributed by atoms with Crippen molar-refractivity contribution in [2.75, 3.05) is 5.32 Å². The lowest BCUT2D eigenvalue weighted by atomic mass is 10.1. The molecule has 10 heteroatoms. The smallest absolute Gasteiger partial charge is 0.418 e. The van der Waals surface area contributed by atoms with Crippen LogP contribution < -0.4 is 10.6 Å². The number of hydrogen-bond acceptors (Lipinski definition) is 5. The van der Waals surface area contributed by atoms with Crippen molar-refractivity contribution in [3.05, 3.63) is 70.9 Å². The average molecular weight is 397 g/mol. The molecule has 2 N–H and O–H groups in total. The number of carbonyl (C=O) groups is 1. The molecule has 3 aromatic rings. The van der Waals surface area contributed by atoms with Crippen molar-refractivity contribution >= 4 is 29.1 Å². The summed E-state index contributed by atoms with van der Waals surface area (Å²) in [5, 5.41) is 5.04. The lowest BCUT2D eigenvalue weighted by Crippen LogP contribution is -2.23. The molecular formula is C17H12ClF3N4O2. The maximum absolute atomic E-state index is 13.1. The van der Waals surface area contributed by atoms with E-state index in [4.69, 9.17) is 16.0 Å². The van der Waals surface area contributed by atoms with Gasteiger partial charge >= 0.3 is 6.18 Å². The van der Waals surface area contributed by atoms with Gasteiger partial charge in [-0.15, -0.1) is 0 Å². The highest BCUT2D eigenvalue weighted by atomic mass is 35.5. The number of benzene rings is 1. The Bertz CT molecular complexity index is 928. The number of nitrogens with zero attached hydrogens (tertiary/aromatic N) is 2. The number of amides is 1. The van der Waals surface area contributed by atoms with Crippen LogP contribution in [0.5, 0.6) is 0 Å². The first-order valence-electron chi connectivity index (χ1n) is 7.59. The average Bonchev–Trinajstić information content (AvgIpc) is 3.14. The van der Waals surface area contributed by atoms with Crippen molar-refractivity contribution < 1.29 is 22.4 Å². The largest absolute Gasteiger partial charge is 0.467 e. The van der Waals surface area contributed by atoms with E-state index in [0.717, 1.165) is 6.07 Å². The van der Waals surface area contributed by atoms with Gasteiger partial charge in [0.25, 0.3) is 5.91 Å². The molecule has 2 heterocycles. The van der Waals surface area contributed by atoms with Crippen LogP contribution in [0.2, 0.25) is 5.02 Å². The second kappa shape index (κ2) is 7.67. The molecule has 0 aliphatic rings. The van der Waals surface area contributed by atoms with Crippen molar-refractivity contribution in [3.8, 4) is 0 Å². The van der Waals surface area contributed by atoms with Crippen molar-refractivity contribution in [2.45, 2.75) is 12.7 Å². The first kappa shape index (κ1) is 18.7. The van der Waals surface area contributed by atoms with Gasteiger partial charge in [0.2, 0.25) is 5.95 Å². The Labute approximate surface area is 156 Å². The van der Waals surface area contributed by atoms with Gasteiger partial charge in [-0.25, -0.2) is 9.97 Å². The molecule has 0 aliphatic carbocycles. The molecule has 0 spiro atoms. The Morgan fingerprint density at radius 2 is 1.93 bits per heavy atom. The molecule has 0 bridgehead atoms. The summed E-state index contributed by atoms with van der Waals surface area (Å²) in [7, 11) is 0. The van der Waals surface area contributed by atoms with Crippen molar-refractivity contribution in [3.63, 3.8) is 0 Å². The zero-order valence-electron chi connectivity index (χ0n) is 13.5. The third-order valence-electron chi connectivity index (χ3n) is 3.45. The van der Waals surface area contributed by atoms with Gasteiger partial charge in [-0.3, -0.25) is 4.79 Å². The molecule has 27 heavy (non-hydrogen) atoms. The van der Waals surface area contributed by atoms with E-state index < -0.39 is 17.6 Å². The zero-order valence-corrected chi connectivity index (χ0v) is 14.3. The first-order chi connectivity index (χ1) is 12.8. The fraction of sp³-hybridized carbons (Fsp3) is 0.118. The van der Waals surface area contributed by atoms with Crippen LogP contribution in [0.25, 0.3) is 0 Å². The quantitative estimate of drug-likeness (QED) is 0.667. The van der Waals surface area contributed by atoms with Crippen LogP contribution in [0.15, 0.2) is 53.4 Å². The predicted molar refractivity (Wildman–Crippen MR) is 91.6 cm³/mol. The molecule has 140 valence electrons. The summed E-state index contributed by atoms with van der Waals surface area (Å²) in [6.07, 6.45) is -0.706. The fourth-order valence-corrected chi connectivity index (χ4v) is 2.35. The molecule has 0 radical (unpaired) electrons. The number of nitrogens with one attached hydrogen (secondary N) is 2. The van der Waals surface area contributed by atoms with E-state index in [2.05, 4.69) is 20.6 Å². The number of hydrogen-bond donors (Lipinski definition) is 2. The Morgan fingerprint density at radius 3 is 2.56 bits per heavy atom. The van der Waals surface area contributed by atoms with Crippen molar-refractivity contribution in [1.29, 1.82) is 0 Å². The first-order valence-corrected chi connectivity index (χ1v) is 7.97. The topological polar surface area (TPSA) is 80.0 Å². The van der Waals surface area contributed by atoms with Gasteiger partial charge < -0.3 is 15.1 Å². The highest BCUT2D eigenvalue weighted by Gasteiger charge is 2.34. The maximum Gasteiger partial charge on any atom is 0.418 e. The monoisotopic (exact) mass is 396 g/mol. The minimum atomic E-state index is -4.60. The number of furan rings is 1. The van der Waals surface area contributed by atoms with Gasteiger partial charge in [-0.2, -0.15) is 13.2 Å². The summed E-state index contributed by atoms with van der Waals surface area (Å²) < 4.78 is 44.4. The van der Waals surface area contributed by atoms with E-state index in [1.165, 1.54) is 30.8 Å². The minimum Gasteiger partial charge on any atom is -0.467 e. The Kier molecular flexibility index (Phi) is 5.31. The van der Waals surface area contributed by atoms with E-state index in [-0.39, 0.29) is 28.8 Å². The van der Waals surface area contributed by atoms with Gasteiger partial charge in [-0.05, 0) is 30.3 Å². The lowest BCUT2D eigenvalue weighted by Gasteiger charge is -2.14. The van der Waals surface area contributed by atoms with Gasteiger partial charge in [0.1, 0.15) is 5.76 Å². The maximum atomic E-state index is 13.1. The Balaban J connectivity index is 1.70. The van der Waals surface area contributed by atoms with Crippen LogP contribution in [0.3, 0.4) is 0 Å². The molecule has 2 aromatic heterocycles. The van der Waals surface area contributed by atoms with E-state index in [1.807, 2.05) is 0 Å². The van der Waals surface area contributed by atoms with Gasteiger partial charge in [0, 0.05) is 17.4 Å². The fourth-order valence-electron chi connectivity index (χ4n) is 2.17. The summed E-state index contributed by atoms with van der Waals surface area (Å²) in [6.45, 7) is 0.186. The SMILES string of the molecule is O=C(NCc1ccco1)c1cnc(Nc2ccc(Cl)cc2C(F)(F)F)nc1. The van der Waals surface area contributed by atoms with E-state index in [9.17, 15) is 18.0 Å². The van der Waals surface area contributed by atoms with Crippen LogP contribution in [-0.2, 0) is 12.7 Å². The Hall–Kier alpha value is -3.07. The number of anilines is 2. The highest BCUT2D eigenvalue weighted by molar-refractivity contribution is 6.30. The second-order valence-corrected chi connectivity index (χ2v) is 5.81. The summed E-state index contributed by atoms with van der Waals surface area (Å²) in [5.41, 5.74) is -1.04. The predicted octanol–water partition coefficient (Wildman–Crippen LogP) is 4.42. The minimum absolute atomic E-state index is 0.0441. The standard InChI is InChI=1S/C17H12ClF3N4O2/c18-11-3-4-14(13(6-11)17(19,20)21)25-16-23-7-10(8-24-16)15(26)22-9-12-2-1-5-27-12/h1-8H,9H2,(H,22,26)(H,23,24,25). The molecule has 1 aromatic carbocycles. The van der Waals surface area contributed by atoms with Gasteiger partial charge in [0.15, 0.2) is 0 Å². The lowest BCUT2D eigenvalue weighted by molar-refractivity contribution is -0.136. The van der Waals surface area contributed by atoms with Crippen LogP contribution >= 0.6 is 11.6 Å². The molecule has 6 nitrogen and oxygen atoms in total. The third-order valence-corrected chi connectivity index (χ3v) is 3.69.